The Balaban J connectivity index is 3.60. The topological polar surface area (TPSA) is 89.8 Å². The third kappa shape index (κ3) is 31.0. The molecule has 1 amide bonds. The van der Waals surface area contributed by atoms with Gasteiger partial charge in [-0.2, -0.15) is 0 Å². The number of allylic oxidation sites excluding steroid dienone is 6. The zero-order valence-electron chi connectivity index (χ0n) is 29.7. The molecule has 0 bridgehead atoms. The van der Waals surface area contributed by atoms with Gasteiger partial charge in [0.25, 0.3) is 0 Å². The Morgan fingerprint density at radius 3 is 1.49 bits per heavy atom. The molecule has 264 valence electrons. The Hall–Kier alpha value is -1.43. The summed E-state index contributed by atoms with van der Waals surface area (Å²) in [6.07, 6.45) is 42.8. The van der Waals surface area contributed by atoms with Crippen LogP contribution in [0, 0.1) is 0 Å². The standard InChI is InChI=1S/C40H75NO4/c1-3-5-7-9-11-13-14-15-16-17-18-19-20-21-22-23-24-25-26-27-29-31-33-35-39(44)41-37(36-42)40(45)38(43)34-32-30-28-12-10-8-6-4-2/h4,6,12,21-22,28,37-38,40,42-43,45H,3,5,7-11,13-20,23-27,29-36H2,1-2H3,(H,41,44)/b6-4+,22-21-,28-12+. The first-order chi connectivity index (χ1) is 22.1. The first-order valence-electron chi connectivity index (χ1n) is 19.2. The van der Waals surface area contributed by atoms with E-state index in [1.54, 1.807) is 0 Å². The van der Waals surface area contributed by atoms with Crippen molar-refractivity contribution in [1.29, 1.82) is 0 Å². The zero-order valence-corrected chi connectivity index (χ0v) is 29.7. The first-order valence-corrected chi connectivity index (χ1v) is 19.2. The Morgan fingerprint density at radius 1 is 0.578 bits per heavy atom. The van der Waals surface area contributed by atoms with E-state index in [-0.39, 0.29) is 12.5 Å². The molecule has 0 fully saturated rings. The highest BCUT2D eigenvalue weighted by Crippen LogP contribution is 2.14. The number of hydrogen-bond acceptors (Lipinski definition) is 4. The first kappa shape index (κ1) is 43.6. The van der Waals surface area contributed by atoms with Crippen molar-refractivity contribution in [3.63, 3.8) is 0 Å². The summed E-state index contributed by atoms with van der Waals surface area (Å²) in [5.74, 6) is -0.167. The van der Waals surface area contributed by atoms with Crippen LogP contribution in [-0.4, -0.2) is 46.1 Å². The lowest BCUT2D eigenvalue weighted by Gasteiger charge is -2.26. The molecule has 0 aromatic rings. The molecule has 0 aromatic heterocycles. The van der Waals surface area contributed by atoms with E-state index in [1.807, 2.05) is 13.0 Å². The van der Waals surface area contributed by atoms with Crippen LogP contribution in [0.25, 0.3) is 0 Å². The third-order valence-corrected chi connectivity index (χ3v) is 8.79. The van der Waals surface area contributed by atoms with Crippen LogP contribution in [-0.2, 0) is 4.79 Å². The maximum Gasteiger partial charge on any atom is 0.220 e. The van der Waals surface area contributed by atoms with Gasteiger partial charge < -0.3 is 20.6 Å². The van der Waals surface area contributed by atoms with E-state index >= 15 is 0 Å². The summed E-state index contributed by atoms with van der Waals surface area (Å²) in [5, 5.41) is 33.1. The summed E-state index contributed by atoms with van der Waals surface area (Å²) in [6, 6.07) is -0.831. The summed E-state index contributed by atoms with van der Waals surface area (Å²) in [6.45, 7) is 3.91. The molecule has 3 atom stereocenters. The lowest BCUT2D eigenvalue weighted by molar-refractivity contribution is -0.124. The molecule has 0 heterocycles. The number of aliphatic hydroxyl groups is 3. The molecule has 5 heteroatoms. The van der Waals surface area contributed by atoms with Gasteiger partial charge in [0.1, 0.15) is 6.10 Å². The monoisotopic (exact) mass is 634 g/mol. The largest absolute Gasteiger partial charge is 0.394 e. The Morgan fingerprint density at radius 2 is 1.00 bits per heavy atom. The molecule has 0 radical (unpaired) electrons. The van der Waals surface area contributed by atoms with Gasteiger partial charge in [-0.15, -0.1) is 0 Å². The number of amides is 1. The van der Waals surface area contributed by atoms with Gasteiger partial charge >= 0.3 is 0 Å². The molecule has 0 aliphatic rings. The molecule has 5 nitrogen and oxygen atoms in total. The summed E-state index contributed by atoms with van der Waals surface area (Å²) in [7, 11) is 0. The van der Waals surface area contributed by atoms with Crippen LogP contribution >= 0.6 is 0 Å². The van der Waals surface area contributed by atoms with Crippen LogP contribution in [0.1, 0.15) is 187 Å². The maximum atomic E-state index is 12.3. The number of carbonyl (C=O) groups is 1. The molecule has 0 rings (SSSR count). The van der Waals surface area contributed by atoms with Gasteiger partial charge in [-0.3, -0.25) is 4.79 Å². The van der Waals surface area contributed by atoms with Crippen LogP contribution in [0.15, 0.2) is 36.5 Å². The van der Waals surface area contributed by atoms with E-state index < -0.39 is 18.2 Å². The van der Waals surface area contributed by atoms with Crippen molar-refractivity contribution in [3.05, 3.63) is 36.5 Å². The van der Waals surface area contributed by atoms with Crippen LogP contribution in [0.2, 0.25) is 0 Å². The SMILES string of the molecule is C/C=C/CC/C=C/CCCC(O)C(O)C(CO)NC(=O)CCCCCCCCC/C=C\CCCCCCCCCCCCCC. The van der Waals surface area contributed by atoms with Crippen molar-refractivity contribution >= 4 is 5.91 Å². The minimum absolute atomic E-state index is 0.167. The highest BCUT2D eigenvalue weighted by Gasteiger charge is 2.26. The minimum Gasteiger partial charge on any atom is -0.394 e. The summed E-state index contributed by atoms with van der Waals surface area (Å²) < 4.78 is 0. The number of nitrogens with one attached hydrogen (secondary N) is 1. The minimum atomic E-state index is -1.16. The zero-order chi connectivity index (χ0) is 33.1. The fraction of sp³-hybridized carbons (Fsp3) is 0.825. The maximum absolute atomic E-state index is 12.3. The van der Waals surface area contributed by atoms with Gasteiger partial charge in [-0.25, -0.2) is 0 Å². The van der Waals surface area contributed by atoms with Gasteiger partial charge in [-0.05, 0) is 71.1 Å². The normalized spacial score (nSPS) is 14.2. The van der Waals surface area contributed by atoms with Gasteiger partial charge in [0, 0.05) is 6.42 Å². The number of carbonyl (C=O) groups excluding carboxylic acids is 1. The molecule has 0 spiro atoms. The fourth-order valence-corrected chi connectivity index (χ4v) is 5.77. The van der Waals surface area contributed by atoms with Crippen molar-refractivity contribution in [3.8, 4) is 0 Å². The predicted molar refractivity (Wildman–Crippen MR) is 194 cm³/mol. The van der Waals surface area contributed by atoms with Gasteiger partial charge in [0.05, 0.1) is 18.8 Å². The lowest BCUT2D eigenvalue weighted by Crippen LogP contribution is -2.50. The van der Waals surface area contributed by atoms with Gasteiger partial charge in [0.15, 0.2) is 0 Å². The fourth-order valence-electron chi connectivity index (χ4n) is 5.77. The Kier molecular flexibility index (Phi) is 34.3. The highest BCUT2D eigenvalue weighted by atomic mass is 16.3. The van der Waals surface area contributed by atoms with Crippen molar-refractivity contribution < 1.29 is 20.1 Å². The second-order valence-corrected chi connectivity index (χ2v) is 13.1. The summed E-state index contributed by atoms with van der Waals surface area (Å²) in [4.78, 5) is 12.3. The van der Waals surface area contributed by atoms with Crippen molar-refractivity contribution in [2.24, 2.45) is 0 Å². The molecule has 3 unspecified atom stereocenters. The molecule has 4 N–H and O–H groups in total. The van der Waals surface area contributed by atoms with Crippen LogP contribution in [0.4, 0.5) is 0 Å². The molecule has 0 aliphatic carbocycles. The average molecular weight is 634 g/mol. The molecule has 0 aliphatic heterocycles. The number of unbranched alkanes of at least 4 members (excludes halogenated alkanes) is 21. The summed E-state index contributed by atoms with van der Waals surface area (Å²) in [5.41, 5.74) is 0. The van der Waals surface area contributed by atoms with E-state index in [4.69, 9.17) is 0 Å². The second kappa shape index (κ2) is 35.4. The highest BCUT2D eigenvalue weighted by molar-refractivity contribution is 5.76. The van der Waals surface area contributed by atoms with Crippen LogP contribution in [0.5, 0.6) is 0 Å². The van der Waals surface area contributed by atoms with Crippen LogP contribution < -0.4 is 5.32 Å². The Labute approximate surface area is 279 Å². The van der Waals surface area contributed by atoms with Gasteiger partial charge in [0.2, 0.25) is 5.91 Å². The number of rotatable bonds is 34. The smallest absolute Gasteiger partial charge is 0.220 e. The number of hydrogen-bond donors (Lipinski definition) is 4. The van der Waals surface area contributed by atoms with Crippen LogP contribution in [0.3, 0.4) is 0 Å². The second-order valence-electron chi connectivity index (χ2n) is 13.1. The van der Waals surface area contributed by atoms with E-state index in [2.05, 4.69) is 42.6 Å². The van der Waals surface area contributed by atoms with Crippen molar-refractivity contribution in [2.45, 2.75) is 205 Å². The average Bonchev–Trinajstić information content (AvgIpc) is 3.04. The summed E-state index contributed by atoms with van der Waals surface area (Å²) >= 11 is 0. The molecular formula is C40H75NO4. The Bertz CT molecular complexity index is 704. The number of aliphatic hydroxyl groups excluding tert-OH is 3. The lowest BCUT2D eigenvalue weighted by atomic mass is 10.0. The van der Waals surface area contributed by atoms with Crippen molar-refractivity contribution in [1.82, 2.24) is 5.32 Å². The third-order valence-electron chi connectivity index (χ3n) is 8.79. The molecule has 45 heavy (non-hydrogen) atoms. The molecular weight excluding hydrogens is 558 g/mol. The molecule has 0 aromatic carbocycles. The predicted octanol–water partition coefficient (Wildman–Crippen LogP) is 10.4. The van der Waals surface area contributed by atoms with E-state index in [0.29, 0.717) is 12.8 Å². The van der Waals surface area contributed by atoms with E-state index in [0.717, 1.165) is 44.9 Å². The van der Waals surface area contributed by atoms with E-state index in [1.165, 1.54) is 116 Å². The molecule has 0 saturated heterocycles. The van der Waals surface area contributed by atoms with Crippen molar-refractivity contribution in [2.75, 3.05) is 6.61 Å². The quantitative estimate of drug-likeness (QED) is 0.0419. The molecule has 0 saturated carbocycles. The van der Waals surface area contributed by atoms with E-state index in [9.17, 15) is 20.1 Å². The van der Waals surface area contributed by atoms with Gasteiger partial charge in [-0.1, -0.05) is 146 Å².